The van der Waals surface area contributed by atoms with Crippen molar-refractivity contribution in [1.29, 1.82) is 5.41 Å². The first-order chi connectivity index (χ1) is 9.90. The number of hydrogen-bond donors (Lipinski definition) is 2. The lowest BCUT2D eigenvalue weighted by atomic mass is 10.0. The fraction of sp³-hybridized carbons (Fsp3) is 0.200. The lowest BCUT2D eigenvalue weighted by Gasteiger charge is -2.14. The second-order valence-electron chi connectivity index (χ2n) is 4.64. The van der Waals surface area contributed by atoms with Crippen molar-refractivity contribution in [3.63, 3.8) is 0 Å². The van der Waals surface area contributed by atoms with Gasteiger partial charge in [0.1, 0.15) is 4.49 Å². The summed E-state index contributed by atoms with van der Waals surface area (Å²) in [5.74, 6) is 0. The van der Waals surface area contributed by atoms with Crippen LogP contribution in [0.15, 0.2) is 33.7 Å². The number of hydrogen-bond acceptors (Lipinski definition) is 3. The minimum atomic E-state index is 0. The summed E-state index contributed by atoms with van der Waals surface area (Å²) in [6.07, 6.45) is 2.28. The molecule has 0 aliphatic rings. The molecule has 22 heavy (non-hydrogen) atoms. The number of amidine groups is 1. The third-order valence-electron chi connectivity index (χ3n) is 3.15. The van der Waals surface area contributed by atoms with Crippen LogP contribution in [0.5, 0.6) is 0 Å². The van der Waals surface area contributed by atoms with Gasteiger partial charge in [0.05, 0.1) is 5.52 Å². The van der Waals surface area contributed by atoms with Gasteiger partial charge >= 0.3 is 0 Å². The Morgan fingerprint density at radius 3 is 2.64 bits per heavy atom. The molecule has 2 rings (SSSR count). The third-order valence-corrected chi connectivity index (χ3v) is 4.34. The number of halogens is 3. The maximum atomic E-state index is 7.60. The first-order valence-corrected chi connectivity index (χ1v) is 7.89. The molecule has 0 radical (unpaired) electrons. The molecule has 0 atom stereocenters. The summed E-state index contributed by atoms with van der Waals surface area (Å²) in [5.41, 5.74) is 9.50. The Morgan fingerprint density at radius 1 is 1.36 bits per heavy atom. The van der Waals surface area contributed by atoms with Gasteiger partial charge in [0, 0.05) is 16.0 Å². The minimum absolute atomic E-state index is 0. The van der Waals surface area contributed by atoms with Gasteiger partial charge in [-0.1, -0.05) is 53.2 Å². The van der Waals surface area contributed by atoms with Crippen molar-refractivity contribution in [3.05, 3.63) is 45.6 Å². The molecule has 1 heterocycles. The Hall–Kier alpha value is -0.940. The van der Waals surface area contributed by atoms with Crippen LogP contribution in [0.4, 0.5) is 0 Å². The maximum Gasteiger partial charge on any atom is 0.155 e. The zero-order chi connectivity index (χ0) is 15.6. The van der Waals surface area contributed by atoms with Gasteiger partial charge in [0.2, 0.25) is 0 Å². The number of aryl methyl sites for hydroxylation is 2. The van der Waals surface area contributed by atoms with Crippen LogP contribution in [0.3, 0.4) is 0 Å². The van der Waals surface area contributed by atoms with Crippen molar-refractivity contribution >= 4 is 63.4 Å². The van der Waals surface area contributed by atoms with Crippen LogP contribution in [0.25, 0.3) is 10.9 Å². The highest BCUT2D eigenvalue weighted by molar-refractivity contribution is 8.13. The predicted octanol–water partition coefficient (Wildman–Crippen LogP) is 5.12. The predicted molar refractivity (Wildman–Crippen MR) is 99.7 cm³/mol. The van der Waals surface area contributed by atoms with E-state index in [1.807, 2.05) is 32.0 Å². The fourth-order valence-corrected chi connectivity index (χ4v) is 3.20. The van der Waals surface area contributed by atoms with Crippen LogP contribution in [0.1, 0.15) is 16.8 Å². The van der Waals surface area contributed by atoms with E-state index in [-0.39, 0.29) is 22.1 Å². The molecule has 0 amide bonds. The number of benzene rings is 1. The maximum absolute atomic E-state index is 7.60. The molecule has 3 nitrogen and oxygen atoms in total. The number of rotatable bonds is 3. The lowest BCUT2D eigenvalue weighted by Crippen LogP contribution is -2.06. The van der Waals surface area contributed by atoms with Crippen molar-refractivity contribution in [2.75, 3.05) is 0 Å². The number of allylic oxidation sites excluding steroid dienone is 1. The molecule has 1 aromatic heterocycles. The molecule has 0 saturated heterocycles. The zero-order valence-electron chi connectivity index (χ0n) is 12.1. The Labute approximate surface area is 150 Å². The molecule has 118 valence electrons. The molecule has 2 aromatic rings. The first-order valence-electron chi connectivity index (χ1n) is 6.32. The van der Waals surface area contributed by atoms with Gasteiger partial charge in [-0.25, -0.2) is 0 Å². The summed E-state index contributed by atoms with van der Waals surface area (Å²) in [6, 6.07) is 5.99. The van der Waals surface area contributed by atoms with Crippen molar-refractivity contribution in [3.8, 4) is 0 Å². The summed E-state index contributed by atoms with van der Waals surface area (Å²) in [6.45, 7) is 3.97. The monoisotopic (exact) mass is 375 g/mol. The zero-order valence-corrected chi connectivity index (χ0v) is 15.3. The molecule has 3 N–H and O–H groups in total. The summed E-state index contributed by atoms with van der Waals surface area (Å²) in [4.78, 5) is 5.62. The fourth-order valence-electron chi connectivity index (χ4n) is 2.20. The van der Waals surface area contributed by atoms with Crippen LogP contribution in [-0.2, 0) is 6.42 Å². The molecule has 0 saturated carbocycles. The normalized spacial score (nSPS) is 10.2. The van der Waals surface area contributed by atoms with Gasteiger partial charge in [-0.05, 0) is 37.5 Å². The summed E-state index contributed by atoms with van der Waals surface area (Å²) in [7, 11) is 0. The second-order valence-corrected chi connectivity index (χ2v) is 6.70. The number of nitrogens with one attached hydrogen (secondary N) is 1. The molecular weight excluding hydrogens is 361 g/mol. The standard InChI is InChI=1S/C15H15Cl2N3S.ClH/c1-8-4-3-5-11-13(8)20-9(2)10(6-7-12(16)17)14(11)21-15(18)19;/h3-5,7H,6H2,1-2H3,(H3,18,19);1H. The Bertz CT molecular complexity index is 740. The van der Waals surface area contributed by atoms with Crippen LogP contribution in [-0.4, -0.2) is 10.2 Å². The summed E-state index contributed by atoms with van der Waals surface area (Å²) >= 11 is 12.7. The highest BCUT2D eigenvalue weighted by Crippen LogP contribution is 2.34. The quantitative estimate of drug-likeness (QED) is 0.444. The van der Waals surface area contributed by atoms with Crippen molar-refractivity contribution < 1.29 is 0 Å². The number of fused-ring (bicyclic) bond motifs is 1. The molecule has 0 spiro atoms. The summed E-state index contributed by atoms with van der Waals surface area (Å²) < 4.78 is 0.220. The number of thioether (sulfide) groups is 1. The van der Waals surface area contributed by atoms with E-state index in [1.165, 1.54) is 11.8 Å². The number of aromatic nitrogens is 1. The number of nitrogens with two attached hydrogens (primary N) is 1. The molecule has 0 aliphatic carbocycles. The molecule has 7 heteroatoms. The largest absolute Gasteiger partial charge is 0.378 e. The van der Waals surface area contributed by atoms with Gasteiger partial charge in [-0.3, -0.25) is 10.4 Å². The van der Waals surface area contributed by atoms with E-state index >= 15 is 0 Å². The van der Waals surface area contributed by atoms with Crippen molar-refractivity contribution in [2.24, 2.45) is 5.73 Å². The topological polar surface area (TPSA) is 62.8 Å². The SMILES string of the molecule is Cc1nc2c(C)cccc2c(SC(=N)N)c1CC=C(Cl)Cl.Cl. The summed E-state index contributed by atoms with van der Waals surface area (Å²) in [5, 5.41) is 8.64. The molecule has 0 bridgehead atoms. The van der Waals surface area contributed by atoms with Gasteiger partial charge in [0.15, 0.2) is 5.17 Å². The van der Waals surface area contributed by atoms with E-state index in [0.717, 1.165) is 32.6 Å². The Balaban J connectivity index is 0.00000242. The second kappa shape index (κ2) is 8.06. The van der Waals surface area contributed by atoms with Gasteiger partial charge in [-0.2, -0.15) is 0 Å². The smallest absolute Gasteiger partial charge is 0.155 e. The van der Waals surface area contributed by atoms with Gasteiger partial charge in [0.25, 0.3) is 0 Å². The van der Waals surface area contributed by atoms with Crippen molar-refractivity contribution in [2.45, 2.75) is 25.2 Å². The average Bonchev–Trinajstić information content (AvgIpc) is 2.38. The first kappa shape index (κ1) is 19.1. The Kier molecular flexibility index (Phi) is 7.00. The number of pyridine rings is 1. The molecule has 0 aliphatic heterocycles. The van der Waals surface area contributed by atoms with Crippen molar-refractivity contribution in [1.82, 2.24) is 4.98 Å². The Morgan fingerprint density at radius 2 is 2.05 bits per heavy atom. The van der Waals surface area contributed by atoms with E-state index in [4.69, 9.17) is 34.3 Å². The van der Waals surface area contributed by atoms with E-state index in [2.05, 4.69) is 4.98 Å². The van der Waals surface area contributed by atoms with E-state index < -0.39 is 0 Å². The molecule has 0 unspecified atom stereocenters. The van der Waals surface area contributed by atoms with E-state index in [1.54, 1.807) is 6.08 Å². The number of nitrogens with zero attached hydrogens (tertiary/aromatic N) is 1. The van der Waals surface area contributed by atoms with E-state index in [0.29, 0.717) is 6.42 Å². The average molecular weight is 377 g/mol. The molecular formula is C15H16Cl3N3S. The van der Waals surface area contributed by atoms with Gasteiger partial charge < -0.3 is 5.73 Å². The van der Waals surface area contributed by atoms with Crippen LogP contribution < -0.4 is 5.73 Å². The molecule has 0 fully saturated rings. The highest BCUT2D eigenvalue weighted by atomic mass is 35.5. The lowest BCUT2D eigenvalue weighted by molar-refractivity contribution is 1.08. The van der Waals surface area contributed by atoms with Gasteiger partial charge in [-0.15, -0.1) is 12.4 Å². The minimum Gasteiger partial charge on any atom is -0.378 e. The van der Waals surface area contributed by atoms with Crippen LogP contribution in [0, 0.1) is 19.3 Å². The highest BCUT2D eigenvalue weighted by Gasteiger charge is 2.14. The number of para-hydroxylation sites is 1. The van der Waals surface area contributed by atoms with Crippen LogP contribution >= 0.6 is 47.4 Å². The van der Waals surface area contributed by atoms with E-state index in [9.17, 15) is 0 Å². The third kappa shape index (κ3) is 4.29. The van der Waals surface area contributed by atoms with Crippen LogP contribution in [0.2, 0.25) is 0 Å². The molecule has 1 aromatic carbocycles.